The molecule has 100 valence electrons. The number of hydrogen-bond donors (Lipinski definition) is 0. The molecule has 0 N–H and O–H groups in total. The van der Waals surface area contributed by atoms with E-state index in [4.69, 9.17) is 22.9 Å². The SMILES string of the molecule is [C-]#[N+]c1cc(C(=O)OCc2ccccc2)c(Cl)cc1F. The lowest BCUT2D eigenvalue weighted by Crippen LogP contribution is -2.06. The molecule has 0 aliphatic heterocycles. The first-order chi connectivity index (χ1) is 9.61. The number of ether oxygens (including phenoxy) is 1. The Balaban J connectivity index is 2.16. The van der Waals surface area contributed by atoms with E-state index in [0.29, 0.717) is 0 Å². The summed E-state index contributed by atoms with van der Waals surface area (Å²) in [5.74, 6) is -1.45. The molecular formula is C15H9ClFNO2. The minimum Gasteiger partial charge on any atom is -0.457 e. The first-order valence-corrected chi connectivity index (χ1v) is 6.07. The fourth-order valence-corrected chi connectivity index (χ4v) is 1.81. The van der Waals surface area contributed by atoms with E-state index in [2.05, 4.69) is 4.85 Å². The van der Waals surface area contributed by atoms with Crippen LogP contribution in [0.2, 0.25) is 5.02 Å². The number of nitrogens with zero attached hydrogens (tertiary/aromatic N) is 1. The second-order valence-electron chi connectivity index (χ2n) is 3.96. The predicted octanol–water partition coefficient (Wildman–Crippen LogP) is 4.39. The molecule has 20 heavy (non-hydrogen) atoms. The summed E-state index contributed by atoms with van der Waals surface area (Å²) in [4.78, 5) is 14.9. The van der Waals surface area contributed by atoms with Crippen LogP contribution < -0.4 is 0 Å². The topological polar surface area (TPSA) is 30.7 Å². The molecule has 3 nitrogen and oxygen atoms in total. The van der Waals surface area contributed by atoms with Gasteiger partial charge in [0, 0.05) is 0 Å². The summed E-state index contributed by atoms with van der Waals surface area (Å²) in [6, 6.07) is 11.2. The first kappa shape index (κ1) is 14.0. The minimum absolute atomic E-state index is 0.0185. The molecule has 0 fully saturated rings. The summed E-state index contributed by atoms with van der Waals surface area (Å²) in [5.41, 5.74) is 0.542. The monoisotopic (exact) mass is 289 g/mol. The Hall–Kier alpha value is -2.38. The summed E-state index contributed by atoms with van der Waals surface area (Å²) < 4.78 is 18.4. The van der Waals surface area contributed by atoms with Gasteiger partial charge >= 0.3 is 5.97 Å². The van der Waals surface area contributed by atoms with Crippen LogP contribution in [-0.4, -0.2) is 5.97 Å². The van der Waals surface area contributed by atoms with Gasteiger partial charge in [-0.3, -0.25) is 0 Å². The normalized spacial score (nSPS) is 9.85. The van der Waals surface area contributed by atoms with Gasteiger partial charge in [-0.05, 0) is 17.7 Å². The molecule has 2 aromatic rings. The summed E-state index contributed by atoms with van der Waals surface area (Å²) in [6.07, 6.45) is 0. The summed E-state index contributed by atoms with van der Waals surface area (Å²) >= 11 is 5.79. The zero-order valence-corrected chi connectivity index (χ0v) is 11.0. The summed E-state index contributed by atoms with van der Waals surface area (Å²) in [6.45, 7) is 6.90. The molecule has 0 amide bonds. The molecule has 0 unspecified atom stereocenters. The number of carbonyl (C=O) groups excluding carboxylic acids is 1. The van der Waals surface area contributed by atoms with Crippen molar-refractivity contribution in [2.45, 2.75) is 6.61 Å². The molecule has 5 heteroatoms. The fraction of sp³-hybridized carbons (Fsp3) is 0.0667. The van der Waals surface area contributed by atoms with Crippen molar-refractivity contribution < 1.29 is 13.9 Å². The minimum atomic E-state index is -0.760. The maximum atomic E-state index is 13.3. The van der Waals surface area contributed by atoms with Gasteiger partial charge in [-0.2, -0.15) is 0 Å². The van der Waals surface area contributed by atoms with Crippen molar-refractivity contribution in [3.8, 4) is 0 Å². The van der Waals surface area contributed by atoms with Crippen LogP contribution in [0.1, 0.15) is 15.9 Å². The van der Waals surface area contributed by atoms with Crippen molar-refractivity contribution in [2.75, 3.05) is 0 Å². The highest BCUT2D eigenvalue weighted by atomic mass is 35.5. The lowest BCUT2D eigenvalue weighted by molar-refractivity contribution is 0.0473. The zero-order valence-electron chi connectivity index (χ0n) is 10.3. The molecule has 0 bridgehead atoms. The fourth-order valence-electron chi connectivity index (χ4n) is 1.58. The zero-order chi connectivity index (χ0) is 14.5. The molecule has 0 aliphatic carbocycles. The number of esters is 1. The lowest BCUT2D eigenvalue weighted by atomic mass is 10.2. The van der Waals surface area contributed by atoms with E-state index in [1.165, 1.54) is 0 Å². The molecule has 0 saturated heterocycles. The third kappa shape index (κ3) is 3.14. The van der Waals surface area contributed by atoms with Crippen molar-refractivity contribution in [1.29, 1.82) is 0 Å². The van der Waals surface area contributed by atoms with Crippen LogP contribution in [0.25, 0.3) is 4.85 Å². The van der Waals surface area contributed by atoms with Crippen LogP contribution >= 0.6 is 11.6 Å². The van der Waals surface area contributed by atoms with Crippen LogP contribution in [0.5, 0.6) is 0 Å². The van der Waals surface area contributed by atoms with Crippen LogP contribution in [-0.2, 0) is 11.3 Å². The summed E-state index contributed by atoms with van der Waals surface area (Å²) in [7, 11) is 0. The van der Waals surface area contributed by atoms with Gasteiger partial charge in [0.2, 0.25) is 5.69 Å². The molecule has 0 spiro atoms. The molecule has 0 radical (unpaired) electrons. The Labute approximate surface area is 120 Å². The Morgan fingerprint density at radius 2 is 2.00 bits per heavy atom. The maximum Gasteiger partial charge on any atom is 0.338 e. The van der Waals surface area contributed by atoms with Crippen LogP contribution in [0.4, 0.5) is 10.1 Å². The van der Waals surface area contributed by atoms with Crippen molar-refractivity contribution in [1.82, 2.24) is 0 Å². The van der Waals surface area contributed by atoms with E-state index in [0.717, 1.165) is 17.7 Å². The molecule has 0 saturated carbocycles. The second kappa shape index (κ2) is 6.18. The third-order valence-corrected chi connectivity index (χ3v) is 2.90. The third-order valence-electron chi connectivity index (χ3n) is 2.59. The van der Waals surface area contributed by atoms with E-state index in [9.17, 15) is 9.18 Å². The highest BCUT2D eigenvalue weighted by molar-refractivity contribution is 6.33. The van der Waals surface area contributed by atoms with E-state index in [1.54, 1.807) is 0 Å². The van der Waals surface area contributed by atoms with Gasteiger partial charge in [0.1, 0.15) is 12.4 Å². The van der Waals surface area contributed by atoms with Gasteiger partial charge in [-0.15, -0.1) is 0 Å². The second-order valence-corrected chi connectivity index (χ2v) is 4.36. The van der Waals surface area contributed by atoms with Crippen molar-refractivity contribution in [2.24, 2.45) is 0 Å². The Morgan fingerprint density at radius 1 is 1.30 bits per heavy atom. The van der Waals surface area contributed by atoms with Crippen molar-refractivity contribution >= 4 is 23.3 Å². The van der Waals surface area contributed by atoms with E-state index < -0.39 is 11.8 Å². The quantitative estimate of drug-likeness (QED) is 0.620. The average Bonchev–Trinajstić information content (AvgIpc) is 2.46. The number of carbonyl (C=O) groups is 1. The van der Waals surface area contributed by atoms with Crippen molar-refractivity contribution in [3.63, 3.8) is 0 Å². The lowest BCUT2D eigenvalue weighted by Gasteiger charge is -2.07. The number of halogens is 2. The highest BCUT2D eigenvalue weighted by Crippen LogP contribution is 2.27. The van der Waals surface area contributed by atoms with Crippen LogP contribution in [0.15, 0.2) is 42.5 Å². The van der Waals surface area contributed by atoms with Gasteiger partial charge in [-0.25, -0.2) is 14.0 Å². The molecule has 0 aromatic heterocycles. The molecule has 0 atom stereocenters. The molecular weight excluding hydrogens is 281 g/mol. The van der Waals surface area contributed by atoms with Crippen molar-refractivity contribution in [3.05, 3.63) is 75.8 Å². The van der Waals surface area contributed by atoms with Crippen LogP contribution in [0.3, 0.4) is 0 Å². The number of hydrogen-bond acceptors (Lipinski definition) is 2. The average molecular weight is 290 g/mol. The molecule has 2 aromatic carbocycles. The van der Waals surface area contributed by atoms with E-state index in [1.807, 2.05) is 30.3 Å². The largest absolute Gasteiger partial charge is 0.457 e. The number of benzene rings is 2. The Bertz CT molecular complexity index is 680. The predicted molar refractivity (Wildman–Crippen MR) is 73.2 cm³/mol. The van der Waals surface area contributed by atoms with Gasteiger partial charge < -0.3 is 4.74 Å². The first-order valence-electron chi connectivity index (χ1n) is 5.69. The smallest absolute Gasteiger partial charge is 0.338 e. The molecule has 0 aliphatic rings. The van der Waals surface area contributed by atoms with Crippen LogP contribution in [0, 0.1) is 12.4 Å². The van der Waals surface area contributed by atoms with Gasteiger partial charge in [0.15, 0.2) is 0 Å². The van der Waals surface area contributed by atoms with Gasteiger partial charge in [-0.1, -0.05) is 41.9 Å². The highest BCUT2D eigenvalue weighted by Gasteiger charge is 2.16. The molecule has 0 heterocycles. The maximum absolute atomic E-state index is 13.3. The Kier molecular flexibility index (Phi) is 4.34. The van der Waals surface area contributed by atoms with Gasteiger partial charge in [0.05, 0.1) is 17.2 Å². The Morgan fingerprint density at radius 3 is 2.65 bits per heavy atom. The van der Waals surface area contributed by atoms with Gasteiger partial charge in [0.25, 0.3) is 0 Å². The molecule has 2 rings (SSSR count). The van der Waals surface area contributed by atoms with E-state index >= 15 is 0 Å². The standard InChI is InChI=1S/C15H9ClFNO2/c1-18-14-7-11(12(16)8-13(14)17)15(19)20-9-10-5-3-2-4-6-10/h2-8H,9H2. The number of rotatable bonds is 3. The van der Waals surface area contributed by atoms with E-state index in [-0.39, 0.29) is 22.9 Å². The summed E-state index contributed by atoms with van der Waals surface area (Å²) in [5, 5.41) is -0.0760.